The van der Waals surface area contributed by atoms with Crippen molar-refractivity contribution in [3.63, 3.8) is 0 Å². The molecule has 316 valence electrons. The number of aliphatic hydroxyl groups excluding tert-OH is 2. The number of nitrogens with zero attached hydrogens (tertiary/aromatic N) is 1. The van der Waals surface area contributed by atoms with Gasteiger partial charge in [-0.3, -0.25) is 9.79 Å². The zero-order chi connectivity index (χ0) is 42.6. The van der Waals surface area contributed by atoms with Crippen LogP contribution in [0.1, 0.15) is 88.3 Å². The van der Waals surface area contributed by atoms with Gasteiger partial charge in [0, 0.05) is 46.7 Å². The van der Waals surface area contributed by atoms with Crippen molar-refractivity contribution >= 4 is 46.2 Å². The fourth-order valence-electron chi connectivity index (χ4n) is 11.5. The van der Waals surface area contributed by atoms with E-state index in [1.165, 1.54) is 11.3 Å². The molecule has 10 atom stereocenters. The largest absolute Gasteiger partial charge is 0.507 e. The highest BCUT2D eigenvalue weighted by Crippen LogP contribution is 2.62. The lowest BCUT2D eigenvalue weighted by molar-refractivity contribution is 0.0134. The lowest BCUT2D eigenvalue weighted by Crippen LogP contribution is -2.50. The van der Waals surface area contributed by atoms with Crippen molar-refractivity contribution in [2.45, 2.75) is 89.0 Å². The van der Waals surface area contributed by atoms with Crippen LogP contribution in [0.25, 0.3) is 15.8 Å². The Morgan fingerprint density at radius 1 is 1.08 bits per heavy atom. The van der Waals surface area contributed by atoms with Gasteiger partial charge in [-0.1, -0.05) is 54.2 Å². The number of ketones is 1. The summed E-state index contributed by atoms with van der Waals surface area (Å²) in [5.41, 5.74) is 9.80. The number of nitrogens with one attached hydrogen (secondary N) is 2. The van der Waals surface area contributed by atoms with Crippen LogP contribution < -0.4 is 16.4 Å². The number of anilines is 1. The van der Waals surface area contributed by atoms with E-state index < -0.39 is 23.2 Å². The van der Waals surface area contributed by atoms with Gasteiger partial charge in [-0.25, -0.2) is 0 Å². The fourth-order valence-corrected chi connectivity index (χ4v) is 13.5. The molecule has 3 aliphatic carbocycles. The van der Waals surface area contributed by atoms with E-state index in [9.17, 15) is 20.4 Å². The maximum absolute atomic E-state index is 15.1. The number of thiophene rings is 2. The first-order chi connectivity index (χ1) is 29.4. The van der Waals surface area contributed by atoms with Gasteiger partial charge in [-0.15, -0.1) is 28.6 Å². The van der Waals surface area contributed by atoms with Crippen molar-refractivity contribution in [1.82, 2.24) is 5.32 Å². The maximum Gasteiger partial charge on any atom is 0.188 e. The van der Waals surface area contributed by atoms with Crippen LogP contribution in [-0.2, 0) is 19.3 Å². The lowest BCUT2D eigenvalue weighted by atomic mass is 9.58. The third-order valence-corrected chi connectivity index (χ3v) is 16.7. The average Bonchev–Trinajstić information content (AvgIpc) is 4.01. The highest BCUT2D eigenvalue weighted by atomic mass is 32.1. The summed E-state index contributed by atoms with van der Waals surface area (Å²) >= 11 is 3.17. The second-order valence-electron chi connectivity index (χ2n) is 18.2. The molecule has 0 radical (unpaired) electrons. The van der Waals surface area contributed by atoms with Gasteiger partial charge in [0.05, 0.1) is 45.4 Å². The molecule has 2 aliphatic heterocycles. The molecule has 4 heterocycles. The van der Waals surface area contributed by atoms with E-state index in [1.807, 2.05) is 62.4 Å². The summed E-state index contributed by atoms with van der Waals surface area (Å²) in [5, 5.41) is 53.4. The van der Waals surface area contributed by atoms with E-state index in [0.29, 0.717) is 62.2 Å². The minimum Gasteiger partial charge on any atom is -0.507 e. The van der Waals surface area contributed by atoms with Crippen molar-refractivity contribution in [1.29, 1.82) is 0 Å². The summed E-state index contributed by atoms with van der Waals surface area (Å²) in [4.78, 5) is 23.3. The molecule has 2 aromatic heterocycles. The Bertz CT molecular complexity index is 2550. The molecule has 2 saturated carbocycles. The molecule has 0 saturated heterocycles. The number of carbonyl (C=O) groups is 1. The molecule has 9 bridgehead atoms. The molecule has 9 nitrogen and oxygen atoms in total. The number of aliphatic hydroxyl groups is 3. The topological polar surface area (TPSA) is 160 Å². The predicted octanol–water partition coefficient (Wildman–Crippen LogP) is 7.00. The summed E-state index contributed by atoms with van der Waals surface area (Å²) in [5.74, 6) is 13.2. The monoisotopic (exact) mass is 854 g/mol. The molecule has 5 aliphatic rings. The van der Waals surface area contributed by atoms with Crippen molar-refractivity contribution in [2.24, 2.45) is 45.7 Å². The second-order valence-corrected chi connectivity index (χ2v) is 20.4. The number of rotatable bonds is 6. The molecule has 4 aromatic rings. The predicted molar refractivity (Wildman–Crippen MR) is 245 cm³/mol. The van der Waals surface area contributed by atoms with Gasteiger partial charge in [0.1, 0.15) is 5.75 Å². The molecule has 11 heteroatoms. The van der Waals surface area contributed by atoms with Gasteiger partial charge in [0.2, 0.25) is 0 Å². The number of phenolic OH excluding ortho intramolecular Hbond substituents is 1. The van der Waals surface area contributed by atoms with Crippen LogP contribution >= 0.6 is 22.7 Å². The van der Waals surface area contributed by atoms with Crippen LogP contribution in [0.15, 0.2) is 65.7 Å². The van der Waals surface area contributed by atoms with Gasteiger partial charge < -0.3 is 36.8 Å². The molecule has 61 heavy (non-hydrogen) atoms. The smallest absolute Gasteiger partial charge is 0.188 e. The SMILES string of the molecule is CC#Cc1ccc(-c2ccc(C(=O)C3CCC4CC35CC(C(O)CO)C(C5)C3C#Cc5c(cc(O)c6c5NC(C=C6)C(C)(O)Cc5cccc(c5)C3)CC4NC(N)=NC)s2)s1. The average molecular weight is 855 g/mol. The van der Waals surface area contributed by atoms with E-state index in [2.05, 4.69) is 57.5 Å². The van der Waals surface area contributed by atoms with Gasteiger partial charge in [-0.05, 0) is 129 Å². The normalized spacial score (nSPS) is 30.5. The second kappa shape index (κ2) is 16.4. The van der Waals surface area contributed by atoms with Gasteiger partial charge in [0.25, 0.3) is 0 Å². The lowest BCUT2D eigenvalue weighted by Gasteiger charge is -2.47. The molecule has 9 rings (SSSR count). The molecule has 8 N–H and O–H groups in total. The van der Waals surface area contributed by atoms with Gasteiger partial charge >= 0.3 is 0 Å². The number of hydrogen-bond donors (Lipinski definition) is 7. The van der Waals surface area contributed by atoms with E-state index in [-0.39, 0.29) is 53.8 Å². The first-order valence-electron chi connectivity index (χ1n) is 21.5. The number of hydrogen-bond acceptors (Lipinski definition) is 9. The minimum absolute atomic E-state index is 0.0510. The Morgan fingerprint density at radius 2 is 1.89 bits per heavy atom. The number of nitrogens with two attached hydrogens (primary N) is 1. The van der Waals surface area contributed by atoms with Crippen molar-refractivity contribution in [3.8, 4) is 39.2 Å². The Labute approximate surface area is 366 Å². The van der Waals surface area contributed by atoms with E-state index in [4.69, 9.17) is 5.73 Å². The number of aliphatic imine (C=N–C) groups is 1. The molecule has 2 fully saturated rings. The standard InChI is InChI=1S/C50H54N4O5S2/c1-4-6-33-11-15-42(60-33)43-16-17-44(61-43)47(58)38-14-10-31-24-50(38)25-36(37(26-50)41(57)27-55)30-9-12-34-32(21-39(31)53-48(51)52-3)22-40(56)35-13-18-45(54-46(34)35)49(2,59)23-29-8-5-7-28(19-29)20-30/h5,7-8,11,13,15-19,22,30-31,36-39,41,45,54-57,59H,10,14,20-21,23-27H2,1-3H3,(H3,51,52,53). The number of benzene rings is 2. The van der Waals surface area contributed by atoms with Crippen molar-refractivity contribution in [2.75, 3.05) is 19.0 Å². The Morgan fingerprint density at radius 3 is 2.69 bits per heavy atom. The van der Waals surface area contributed by atoms with Crippen molar-refractivity contribution < 1.29 is 25.2 Å². The highest BCUT2D eigenvalue weighted by Gasteiger charge is 2.58. The van der Waals surface area contributed by atoms with E-state index >= 15 is 4.79 Å². The van der Waals surface area contributed by atoms with Crippen LogP contribution in [0.2, 0.25) is 0 Å². The zero-order valence-electron chi connectivity index (χ0n) is 34.9. The maximum atomic E-state index is 15.1. The Hall–Kier alpha value is -4.88. The molecule has 10 unspecified atom stereocenters. The number of aromatic hydroxyl groups is 1. The Balaban J connectivity index is 1.21. The number of phenols is 1. The van der Waals surface area contributed by atoms with Crippen LogP contribution in [0.4, 0.5) is 5.69 Å². The quantitative estimate of drug-likeness (QED) is 0.0473. The summed E-state index contributed by atoms with van der Waals surface area (Å²) in [6.45, 7) is 3.29. The van der Waals surface area contributed by atoms with E-state index in [0.717, 1.165) is 48.2 Å². The molecule has 0 amide bonds. The summed E-state index contributed by atoms with van der Waals surface area (Å²) in [7, 11) is 1.66. The molecular formula is C50H54N4O5S2. The molecule has 1 spiro atoms. The van der Waals surface area contributed by atoms with Crippen LogP contribution in [0.5, 0.6) is 5.75 Å². The van der Waals surface area contributed by atoms with Crippen LogP contribution in [-0.4, -0.2) is 69.6 Å². The first-order valence-corrected chi connectivity index (χ1v) is 23.1. The third kappa shape index (κ3) is 7.81. The molecule has 2 aromatic carbocycles. The van der Waals surface area contributed by atoms with Crippen LogP contribution in [0.3, 0.4) is 0 Å². The number of guanidine groups is 1. The number of Topliss-reactive ketones (excluding diaryl/α,β-unsaturated/α-hetero) is 1. The summed E-state index contributed by atoms with van der Waals surface area (Å²) in [6.07, 6.45) is 7.65. The summed E-state index contributed by atoms with van der Waals surface area (Å²) in [6, 6.07) is 17.6. The Kier molecular flexibility index (Phi) is 11.2. The number of carbonyl (C=O) groups excluding carboxylic acids is 1. The fraction of sp³-hybridized carbons (Fsp3) is 0.440. The summed E-state index contributed by atoms with van der Waals surface area (Å²) < 4.78 is 0. The van der Waals surface area contributed by atoms with Gasteiger partial charge in [-0.2, -0.15) is 0 Å². The minimum atomic E-state index is -1.18. The van der Waals surface area contributed by atoms with Gasteiger partial charge in [0.15, 0.2) is 11.7 Å². The van der Waals surface area contributed by atoms with Crippen molar-refractivity contribution in [3.05, 3.63) is 98.2 Å². The van der Waals surface area contributed by atoms with Crippen LogP contribution in [0, 0.1) is 58.7 Å². The highest BCUT2D eigenvalue weighted by molar-refractivity contribution is 7.23. The van der Waals surface area contributed by atoms with E-state index in [1.54, 1.807) is 18.4 Å². The molecular weight excluding hydrogens is 801 g/mol. The number of fused-ring (bicyclic) bond motifs is 7. The third-order valence-electron chi connectivity index (χ3n) is 14.4. The zero-order valence-corrected chi connectivity index (χ0v) is 36.5. The first kappa shape index (κ1) is 41.5.